The van der Waals surface area contributed by atoms with Crippen LogP contribution in [0.2, 0.25) is 0 Å². The Labute approximate surface area is 206 Å². The topological polar surface area (TPSA) is 13.0 Å². The van der Waals surface area contributed by atoms with E-state index in [1.54, 1.807) is 6.92 Å². The van der Waals surface area contributed by atoms with Crippen molar-refractivity contribution in [1.82, 2.24) is 19.6 Å². The van der Waals surface area contributed by atoms with E-state index in [9.17, 15) is 4.39 Å². The molecule has 196 valence electrons. The van der Waals surface area contributed by atoms with Crippen LogP contribution >= 0.6 is 0 Å². The molecule has 5 heteroatoms. The van der Waals surface area contributed by atoms with Crippen molar-refractivity contribution >= 4 is 0 Å². The zero-order chi connectivity index (χ0) is 24.4. The first-order valence-electron chi connectivity index (χ1n) is 14.2. The Morgan fingerprint density at radius 1 is 0.576 bits per heavy atom. The maximum absolute atomic E-state index is 12.7. The summed E-state index contributed by atoms with van der Waals surface area (Å²) in [4.78, 5) is 9.86. The van der Waals surface area contributed by atoms with Crippen molar-refractivity contribution in [3.63, 3.8) is 0 Å². The molecule has 0 N–H and O–H groups in total. The van der Waals surface area contributed by atoms with Gasteiger partial charge in [-0.05, 0) is 112 Å². The van der Waals surface area contributed by atoms with Gasteiger partial charge in [-0.2, -0.15) is 0 Å². The van der Waals surface area contributed by atoms with E-state index in [2.05, 4.69) is 61.1 Å². The molecule has 4 aliphatic rings. The maximum Gasteiger partial charge on any atom is 0.110 e. The van der Waals surface area contributed by atoms with Crippen molar-refractivity contribution in [1.29, 1.82) is 0 Å². The molecule has 3 heterocycles. The third-order valence-corrected chi connectivity index (χ3v) is 8.15. The van der Waals surface area contributed by atoms with Gasteiger partial charge in [0.25, 0.3) is 0 Å². The van der Waals surface area contributed by atoms with Gasteiger partial charge in [0.1, 0.15) is 6.17 Å². The summed E-state index contributed by atoms with van der Waals surface area (Å²) in [6, 6.07) is 2.17. The molecule has 1 aliphatic carbocycles. The van der Waals surface area contributed by atoms with Gasteiger partial charge in [-0.1, -0.05) is 6.42 Å². The van der Waals surface area contributed by atoms with Crippen molar-refractivity contribution in [2.45, 2.75) is 118 Å². The highest BCUT2D eigenvalue weighted by Crippen LogP contribution is 2.52. The summed E-state index contributed by atoms with van der Waals surface area (Å²) in [6.07, 6.45) is 9.56. The van der Waals surface area contributed by atoms with Gasteiger partial charge < -0.3 is 9.80 Å². The number of alkyl halides is 1. The second-order valence-electron chi connectivity index (χ2n) is 12.1. The average molecular weight is 469 g/mol. The van der Waals surface area contributed by atoms with Gasteiger partial charge in [-0.25, -0.2) is 4.39 Å². The van der Waals surface area contributed by atoms with E-state index in [1.807, 2.05) is 0 Å². The highest BCUT2D eigenvalue weighted by Gasteiger charge is 2.45. The lowest BCUT2D eigenvalue weighted by Crippen LogP contribution is -2.49. The van der Waals surface area contributed by atoms with E-state index in [0.29, 0.717) is 12.6 Å². The summed E-state index contributed by atoms with van der Waals surface area (Å²) in [5.74, 6) is 0. The van der Waals surface area contributed by atoms with E-state index in [4.69, 9.17) is 0 Å². The lowest BCUT2D eigenvalue weighted by Gasteiger charge is -2.37. The van der Waals surface area contributed by atoms with Crippen LogP contribution in [0.5, 0.6) is 0 Å². The first kappa shape index (κ1) is 29.0. The standard InChI is InChI=1S/C10H21FN2.C10H19N.C8H17N/c1-9(2)13-6-4-12(5-7-13)8-10(3)11;1-9(2)11-7-3-4-10(8-11)5-6-10;1-8(2)9-6-4-3-5-7-9/h9-10H,4-8H2,1-3H3;9H,3-8H2,1-2H3;8H,3-7H2,1-2H3. The molecule has 1 unspecified atom stereocenters. The predicted molar refractivity (Wildman–Crippen MR) is 142 cm³/mol. The molecule has 4 nitrogen and oxygen atoms in total. The van der Waals surface area contributed by atoms with E-state index >= 15 is 0 Å². The summed E-state index contributed by atoms with van der Waals surface area (Å²) in [7, 11) is 0. The Balaban J connectivity index is 0.000000178. The van der Waals surface area contributed by atoms with Gasteiger partial charge in [0.15, 0.2) is 0 Å². The third-order valence-electron chi connectivity index (χ3n) is 8.15. The first-order valence-corrected chi connectivity index (χ1v) is 14.2. The maximum atomic E-state index is 12.7. The van der Waals surface area contributed by atoms with Crippen molar-refractivity contribution in [3.8, 4) is 0 Å². The van der Waals surface area contributed by atoms with E-state index < -0.39 is 6.17 Å². The molecular formula is C28H57FN4. The highest BCUT2D eigenvalue weighted by atomic mass is 19.1. The lowest BCUT2D eigenvalue weighted by atomic mass is 9.94. The molecular weight excluding hydrogens is 411 g/mol. The molecule has 0 aromatic heterocycles. The Morgan fingerprint density at radius 3 is 1.48 bits per heavy atom. The van der Waals surface area contributed by atoms with Gasteiger partial charge in [-0.3, -0.25) is 9.80 Å². The molecule has 0 bridgehead atoms. The minimum Gasteiger partial charge on any atom is -0.301 e. The second kappa shape index (κ2) is 14.4. The smallest absolute Gasteiger partial charge is 0.110 e. The fourth-order valence-electron chi connectivity index (χ4n) is 5.52. The van der Waals surface area contributed by atoms with Crippen LogP contribution in [-0.2, 0) is 0 Å². The van der Waals surface area contributed by atoms with Gasteiger partial charge in [0.2, 0.25) is 0 Å². The minimum atomic E-state index is -0.689. The average Bonchev–Trinajstić information content (AvgIpc) is 3.53. The van der Waals surface area contributed by atoms with Crippen LogP contribution in [-0.4, -0.2) is 103 Å². The van der Waals surface area contributed by atoms with Crippen LogP contribution in [0.3, 0.4) is 0 Å². The third kappa shape index (κ3) is 10.9. The monoisotopic (exact) mass is 468 g/mol. The molecule has 1 saturated carbocycles. The van der Waals surface area contributed by atoms with Gasteiger partial charge in [0.05, 0.1) is 0 Å². The predicted octanol–water partition coefficient (Wildman–Crippen LogP) is 5.52. The number of nitrogens with zero attached hydrogens (tertiary/aromatic N) is 4. The lowest BCUT2D eigenvalue weighted by molar-refractivity contribution is 0.0919. The van der Waals surface area contributed by atoms with Gasteiger partial charge in [0, 0.05) is 57.4 Å². The van der Waals surface area contributed by atoms with Crippen molar-refractivity contribution in [2.75, 3.05) is 58.9 Å². The molecule has 4 rings (SSSR count). The Hall–Kier alpha value is -0.230. The SMILES string of the molecule is CC(C)N1CCCC2(CC2)C1.CC(C)N1CCCCC1.CC(F)CN1CCN(C(C)C)CC1. The first-order chi connectivity index (χ1) is 15.6. The number of likely N-dealkylation sites (tertiary alicyclic amines) is 2. The minimum absolute atomic E-state index is 0.603. The number of hydrogen-bond donors (Lipinski definition) is 0. The number of piperazine rings is 1. The Kier molecular flexibility index (Phi) is 12.6. The summed E-state index contributed by atoms with van der Waals surface area (Å²) in [5, 5.41) is 0. The van der Waals surface area contributed by atoms with Crippen LogP contribution in [0.15, 0.2) is 0 Å². The molecule has 1 atom stereocenters. The van der Waals surface area contributed by atoms with E-state index in [1.165, 1.54) is 71.1 Å². The zero-order valence-corrected chi connectivity index (χ0v) is 23.3. The molecule has 33 heavy (non-hydrogen) atoms. The molecule has 3 aliphatic heterocycles. The van der Waals surface area contributed by atoms with E-state index in [0.717, 1.165) is 43.7 Å². The molecule has 0 aromatic carbocycles. The molecule has 0 amide bonds. The van der Waals surface area contributed by atoms with Crippen molar-refractivity contribution < 1.29 is 4.39 Å². The van der Waals surface area contributed by atoms with Gasteiger partial charge in [-0.15, -0.1) is 0 Å². The largest absolute Gasteiger partial charge is 0.301 e. The number of hydrogen-bond acceptors (Lipinski definition) is 4. The molecule has 0 radical (unpaired) electrons. The number of halogens is 1. The fourth-order valence-corrected chi connectivity index (χ4v) is 5.52. The summed E-state index contributed by atoms with van der Waals surface area (Å²) in [6.45, 7) is 25.5. The molecule has 0 aromatic rings. The summed E-state index contributed by atoms with van der Waals surface area (Å²) < 4.78 is 12.7. The van der Waals surface area contributed by atoms with Crippen LogP contribution in [0.4, 0.5) is 4.39 Å². The van der Waals surface area contributed by atoms with Crippen LogP contribution in [0, 0.1) is 5.41 Å². The van der Waals surface area contributed by atoms with Crippen LogP contribution in [0.1, 0.15) is 93.4 Å². The summed E-state index contributed by atoms with van der Waals surface area (Å²) in [5.41, 5.74) is 0.808. The Bertz CT molecular complexity index is 504. The molecule has 1 spiro atoms. The van der Waals surface area contributed by atoms with Crippen LogP contribution < -0.4 is 0 Å². The fraction of sp³-hybridized carbons (Fsp3) is 1.00. The molecule has 4 fully saturated rings. The summed E-state index contributed by atoms with van der Waals surface area (Å²) >= 11 is 0. The van der Waals surface area contributed by atoms with Crippen molar-refractivity contribution in [2.24, 2.45) is 5.41 Å². The number of piperidine rings is 2. The Morgan fingerprint density at radius 2 is 1.06 bits per heavy atom. The second-order valence-corrected chi connectivity index (χ2v) is 12.1. The highest BCUT2D eigenvalue weighted by molar-refractivity contribution is 4.98. The quantitative estimate of drug-likeness (QED) is 0.526. The number of rotatable bonds is 5. The van der Waals surface area contributed by atoms with Crippen molar-refractivity contribution in [3.05, 3.63) is 0 Å². The van der Waals surface area contributed by atoms with Crippen LogP contribution in [0.25, 0.3) is 0 Å². The molecule has 3 saturated heterocycles. The van der Waals surface area contributed by atoms with E-state index in [-0.39, 0.29) is 0 Å². The zero-order valence-electron chi connectivity index (χ0n) is 23.3. The normalized spacial score (nSPS) is 25.5. The van der Waals surface area contributed by atoms with Gasteiger partial charge >= 0.3 is 0 Å².